The van der Waals surface area contributed by atoms with Crippen LogP contribution in [0.4, 0.5) is 4.39 Å². The lowest BCUT2D eigenvalue weighted by atomic mass is 9.89. The highest BCUT2D eigenvalue weighted by atomic mass is 28.3. The first kappa shape index (κ1) is 14.4. The highest BCUT2D eigenvalue weighted by Gasteiger charge is 2.44. The number of alkyl halides is 1. The molecule has 0 aliphatic heterocycles. The third kappa shape index (κ3) is 2.29. The van der Waals surface area contributed by atoms with Crippen molar-refractivity contribution in [1.29, 1.82) is 0 Å². The molecule has 0 fully saturated rings. The van der Waals surface area contributed by atoms with E-state index in [1.54, 1.807) is 6.07 Å². The second-order valence-corrected chi connectivity index (χ2v) is 11.2. The molecule has 1 nitrogen and oxygen atoms in total. The van der Waals surface area contributed by atoms with E-state index >= 15 is 0 Å². The molecule has 2 atom stereocenters. The Morgan fingerprint density at radius 3 is 2.32 bits per heavy atom. The summed E-state index contributed by atoms with van der Waals surface area (Å²) in [6.45, 7) is 6.72. The molecule has 0 radical (unpaired) electrons. The van der Waals surface area contributed by atoms with E-state index in [1.165, 1.54) is 18.1 Å². The molecule has 2 unspecified atom stereocenters. The van der Waals surface area contributed by atoms with Crippen molar-refractivity contribution in [3.05, 3.63) is 35.4 Å². The fourth-order valence-electron chi connectivity index (χ4n) is 3.70. The number of ketones is 1. The molecule has 0 saturated carbocycles. The fourth-order valence-corrected chi connectivity index (χ4v) is 8.30. The third-order valence-electron chi connectivity index (χ3n) is 5.18. The van der Waals surface area contributed by atoms with E-state index in [1.807, 2.05) is 18.2 Å². The van der Waals surface area contributed by atoms with E-state index in [0.29, 0.717) is 17.5 Å². The zero-order valence-electron chi connectivity index (χ0n) is 12.1. The lowest BCUT2D eigenvalue weighted by Crippen LogP contribution is -2.44. The van der Waals surface area contributed by atoms with Crippen LogP contribution in [0.1, 0.15) is 48.7 Å². The molecule has 104 valence electrons. The van der Waals surface area contributed by atoms with Crippen LogP contribution in [0.5, 0.6) is 0 Å². The van der Waals surface area contributed by atoms with E-state index in [9.17, 15) is 9.18 Å². The lowest BCUT2D eigenvalue weighted by Gasteiger charge is -2.41. The van der Waals surface area contributed by atoms with Gasteiger partial charge < -0.3 is 0 Å². The van der Waals surface area contributed by atoms with Crippen LogP contribution in [0.25, 0.3) is 0 Å². The Hall–Kier alpha value is -0.963. The van der Waals surface area contributed by atoms with Gasteiger partial charge in [0.1, 0.15) is 0 Å². The Morgan fingerprint density at radius 1 is 1.16 bits per heavy atom. The molecular formula is C16H23FOSi. The summed E-state index contributed by atoms with van der Waals surface area (Å²) < 4.78 is 14.1. The fraction of sp³-hybridized carbons (Fsp3) is 0.562. The molecule has 1 aromatic carbocycles. The number of hydrogen-bond donors (Lipinski definition) is 0. The normalized spacial score (nSPS) is 23.3. The summed E-state index contributed by atoms with van der Waals surface area (Å²) in [6, 6.07) is 11.2. The average molecular weight is 278 g/mol. The number of hydrogen-bond acceptors (Lipinski definition) is 1. The predicted octanol–water partition coefficient (Wildman–Crippen LogP) is 4.74. The van der Waals surface area contributed by atoms with E-state index in [0.717, 1.165) is 5.56 Å². The van der Waals surface area contributed by atoms with Crippen LogP contribution in [-0.2, 0) is 0 Å². The summed E-state index contributed by atoms with van der Waals surface area (Å²) in [4.78, 5) is 12.0. The monoisotopic (exact) mass is 278 g/mol. The summed E-state index contributed by atoms with van der Waals surface area (Å²) in [7, 11) is -1.53. The molecule has 0 amide bonds. The summed E-state index contributed by atoms with van der Waals surface area (Å²) >= 11 is 0. The Labute approximate surface area is 116 Å². The van der Waals surface area contributed by atoms with Crippen LogP contribution in [0.2, 0.25) is 18.1 Å². The minimum atomic E-state index is -1.53. The van der Waals surface area contributed by atoms with Crippen molar-refractivity contribution >= 4 is 13.9 Å². The minimum absolute atomic E-state index is 0.302. The maximum absolute atomic E-state index is 14.1. The van der Waals surface area contributed by atoms with Gasteiger partial charge in [-0.1, -0.05) is 63.2 Å². The molecule has 2 rings (SSSR count). The van der Waals surface area contributed by atoms with Gasteiger partial charge in [0, 0.05) is 5.56 Å². The molecule has 0 saturated heterocycles. The highest BCUT2D eigenvalue weighted by Crippen LogP contribution is 2.44. The predicted molar refractivity (Wildman–Crippen MR) is 80.2 cm³/mol. The largest absolute Gasteiger partial charge is 0.291 e. The van der Waals surface area contributed by atoms with Crippen LogP contribution in [0, 0.1) is 0 Å². The van der Waals surface area contributed by atoms with Crippen molar-refractivity contribution in [3.63, 3.8) is 0 Å². The van der Waals surface area contributed by atoms with Gasteiger partial charge in [-0.15, -0.1) is 0 Å². The number of halogens is 1. The van der Waals surface area contributed by atoms with Gasteiger partial charge in [0.25, 0.3) is 0 Å². The quantitative estimate of drug-likeness (QED) is 0.727. The zero-order valence-corrected chi connectivity index (χ0v) is 13.1. The first-order valence-electron chi connectivity index (χ1n) is 7.36. The molecule has 1 aromatic rings. The number of carbonyl (C=O) groups is 1. The summed E-state index contributed by atoms with van der Waals surface area (Å²) in [5, 5.41) is 0. The van der Waals surface area contributed by atoms with Gasteiger partial charge in [-0.3, -0.25) is 4.79 Å². The molecule has 1 aliphatic rings. The Kier molecular flexibility index (Phi) is 4.24. The highest BCUT2D eigenvalue weighted by molar-refractivity contribution is 6.81. The smallest absolute Gasteiger partial charge is 0.197 e. The van der Waals surface area contributed by atoms with Gasteiger partial charge in [-0.2, -0.15) is 0 Å². The number of carbonyl (C=O) groups excluding carboxylic acids is 1. The third-order valence-corrected chi connectivity index (χ3v) is 11.4. The van der Waals surface area contributed by atoms with Gasteiger partial charge in [-0.25, -0.2) is 4.39 Å². The Balaban J connectivity index is 2.53. The molecule has 0 heterocycles. The van der Waals surface area contributed by atoms with Crippen molar-refractivity contribution < 1.29 is 9.18 Å². The topological polar surface area (TPSA) is 17.1 Å². The Bertz CT molecular complexity index is 459. The van der Waals surface area contributed by atoms with E-state index in [4.69, 9.17) is 0 Å². The molecule has 3 heteroatoms. The van der Waals surface area contributed by atoms with Gasteiger partial charge >= 0.3 is 0 Å². The maximum atomic E-state index is 14.1. The zero-order chi connectivity index (χ0) is 14.0. The van der Waals surface area contributed by atoms with Crippen molar-refractivity contribution in [2.75, 3.05) is 0 Å². The van der Waals surface area contributed by atoms with Crippen molar-refractivity contribution in [2.24, 2.45) is 0 Å². The van der Waals surface area contributed by atoms with Crippen LogP contribution in [0.15, 0.2) is 24.3 Å². The van der Waals surface area contributed by atoms with Crippen molar-refractivity contribution in [3.8, 4) is 0 Å². The molecule has 0 bridgehead atoms. The average Bonchev–Trinajstić information content (AvgIpc) is 2.46. The van der Waals surface area contributed by atoms with E-state index < -0.39 is 14.2 Å². The molecule has 0 spiro atoms. The standard InChI is InChI=1S/C16H23FOSi/c1-4-19(5-2,6-3)15-11-14(17)16(18)13-10-8-7-9-12(13)15/h7-10,14-15H,4-6,11H2,1-3H3. The van der Waals surface area contributed by atoms with Crippen LogP contribution < -0.4 is 0 Å². The van der Waals surface area contributed by atoms with Gasteiger partial charge in [0.05, 0.1) is 8.07 Å². The number of benzene rings is 1. The second kappa shape index (κ2) is 5.57. The first-order valence-corrected chi connectivity index (χ1v) is 10.1. The Morgan fingerprint density at radius 2 is 1.74 bits per heavy atom. The summed E-state index contributed by atoms with van der Waals surface area (Å²) in [5.74, 6) is -0.307. The van der Waals surface area contributed by atoms with Crippen molar-refractivity contribution in [1.82, 2.24) is 0 Å². The molecule has 1 aliphatic carbocycles. The van der Waals surface area contributed by atoms with Crippen LogP contribution >= 0.6 is 0 Å². The summed E-state index contributed by atoms with van der Waals surface area (Å²) in [5.41, 5.74) is 2.06. The maximum Gasteiger partial charge on any atom is 0.197 e. The van der Waals surface area contributed by atoms with E-state index in [2.05, 4.69) is 20.8 Å². The SMILES string of the molecule is CC[Si](CC)(CC)C1CC(F)C(=O)c2ccccc21. The molecule has 0 aromatic heterocycles. The number of rotatable bonds is 4. The number of fused-ring (bicyclic) bond motifs is 1. The molecule has 19 heavy (non-hydrogen) atoms. The minimum Gasteiger partial charge on any atom is -0.291 e. The number of Topliss-reactive ketones (excluding diaryl/α,β-unsaturated/α-hetero) is 1. The molecular weight excluding hydrogens is 255 g/mol. The van der Waals surface area contributed by atoms with Gasteiger partial charge in [0.2, 0.25) is 0 Å². The van der Waals surface area contributed by atoms with Crippen LogP contribution in [0.3, 0.4) is 0 Å². The van der Waals surface area contributed by atoms with Crippen LogP contribution in [-0.4, -0.2) is 20.0 Å². The summed E-state index contributed by atoms with van der Waals surface area (Å²) in [6.07, 6.45) is -0.881. The lowest BCUT2D eigenvalue weighted by molar-refractivity contribution is 0.0852. The van der Waals surface area contributed by atoms with Crippen molar-refractivity contribution in [2.45, 2.75) is 57.0 Å². The van der Waals surface area contributed by atoms with E-state index in [-0.39, 0.29) is 5.78 Å². The second-order valence-electron chi connectivity index (χ2n) is 5.63. The first-order chi connectivity index (χ1) is 9.09. The van der Waals surface area contributed by atoms with Gasteiger partial charge in [-0.05, 0) is 17.5 Å². The van der Waals surface area contributed by atoms with Gasteiger partial charge in [0.15, 0.2) is 12.0 Å². The molecule has 0 N–H and O–H groups in total.